The first-order valence-electron chi connectivity index (χ1n) is 1.50. The number of hydrogen-bond acceptors (Lipinski definition) is 0. The minimum absolute atomic E-state index is 0. The molecule has 0 heterocycles. The molecule has 0 aromatic carbocycles. The van der Waals surface area contributed by atoms with Crippen LogP contribution in [0.4, 0.5) is 0 Å². The van der Waals surface area contributed by atoms with Gasteiger partial charge in [0.05, 0.1) is 21.1 Å². The fourth-order valence-electron chi connectivity index (χ4n) is 0. The van der Waals surface area contributed by atoms with Crippen molar-refractivity contribution in [1.82, 2.24) is 0 Å². The van der Waals surface area contributed by atoms with Crippen LogP contribution in [0.3, 0.4) is 0 Å². The number of hydrogen-bond donors (Lipinski definition) is 1. The van der Waals surface area contributed by atoms with Gasteiger partial charge < -0.3 is 34.3 Å². The Morgan fingerprint density at radius 1 is 1.00 bits per heavy atom. The van der Waals surface area contributed by atoms with Crippen molar-refractivity contribution in [2.24, 2.45) is 0 Å². The molecule has 0 amide bonds. The van der Waals surface area contributed by atoms with Crippen LogP contribution in [0.5, 0.6) is 0 Å². The fraction of sp³-hybridized carbons (Fsp3) is 1.00. The highest BCUT2D eigenvalue weighted by Crippen LogP contribution is 0.864. The summed E-state index contributed by atoms with van der Waals surface area (Å²) >= 11 is 0. The standard InChI is InChI=1S/C3H9N.BrH.ClH/c1-4(2)3;;/h1-3H3;2*1H/p-1. The average Bonchev–Trinajstić information content (AvgIpc) is 0.811. The normalized spacial score (nSPS) is 6.00. The van der Waals surface area contributed by atoms with Crippen LogP contribution in [0.2, 0.25) is 0 Å². The third-order valence-corrected chi connectivity index (χ3v) is 0. The first kappa shape index (κ1) is 15.9. The lowest BCUT2D eigenvalue weighted by molar-refractivity contribution is -0.836. The molecule has 3 heteroatoms. The number of nitrogens with one attached hydrogen (secondary N) is 1. The van der Waals surface area contributed by atoms with Crippen LogP contribution < -0.4 is 34.3 Å². The maximum atomic E-state index is 2.08. The second kappa shape index (κ2) is 9.21. The highest BCUT2D eigenvalue weighted by Gasteiger charge is 1.61. The molecule has 0 saturated heterocycles. The molecule has 42 valence electrons. The maximum absolute atomic E-state index is 2.08. The van der Waals surface area contributed by atoms with Crippen molar-refractivity contribution in [1.29, 1.82) is 0 Å². The molecular weight excluding hydrogens is 165 g/mol. The van der Waals surface area contributed by atoms with Crippen LogP contribution >= 0.6 is 0 Å². The van der Waals surface area contributed by atoms with Gasteiger partial charge in [0.15, 0.2) is 0 Å². The molecule has 1 N–H and O–H groups in total. The average molecular weight is 175 g/mol. The van der Waals surface area contributed by atoms with Gasteiger partial charge in [0.1, 0.15) is 0 Å². The Balaban J connectivity index is -0.0000000450. The summed E-state index contributed by atoms with van der Waals surface area (Å²) in [6, 6.07) is 0. The Morgan fingerprint density at radius 2 is 1.00 bits per heavy atom. The SMILES string of the molecule is C[NH+](C)C.[Br-].[Cl-]. The molecule has 0 bridgehead atoms. The van der Waals surface area contributed by atoms with Crippen LogP contribution in [-0.2, 0) is 0 Å². The predicted octanol–water partition coefficient (Wildman–Crippen LogP) is -7.23. The summed E-state index contributed by atoms with van der Waals surface area (Å²) in [6.07, 6.45) is 0. The largest absolute Gasteiger partial charge is 1.00 e. The maximum Gasteiger partial charge on any atom is 0.0661 e. The molecule has 0 radical (unpaired) electrons. The number of halogens is 2. The van der Waals surface area contributed by atoms with E-state index in [1.807, 2.05) is 0 Å². The number of quaternary nitrogens is 1. The predicted molar refractivity (Wildman–Crippen MR) is 18.7 cm³/mol. The number of rotatable bonds is 0. The molecule has 0 aliphatic rings. The summed E-state index contributed by atoms with van der Waals surface area (Å²) in [5, 5.41) is 0. The summed E-state index contributed by atoms with van der Waals surface area (Å²) in [4.78, 5) is 1.42. The Labute approximate surface area is 55.9 Å². The Morgan fingerprint density at radius 3 is 1.00 bits per heavy atom. The van der Waals surface area contributed by atoms with E-state index in [2.05, 4.69) is 21.1 Å². The zero-order chi connectivity index (χ0) is 3.58. The molecule has 0 fully saturated rings. The molecular formula is C3H10BrClN-. The lowest BCUT2D eigenvalue weighted by Gasteiger charge is -1.88. The van der Waals surface area contributed by atoms with E-state index < -0.39 is 0 Å². The van der Waals surface area contributed by atoms with E-state index in [4.69, 9.17) is 0 Å². The topological polar surface area (TPSA) is 4.44 Å². The lowest BCUT2D eigenvalue weighted by atomic mass is 11.0. The Bertz CT molecular complexity index is 15.5. The van der Waals surface area contributed by atoms with E-state index in [9.17, 15) is 0 Å². The van der Waals surface area contributed by atoms with Crippen molar-refractivity contribution >= 4 is 0 Å². The molecule has 1 nitrogen and oxygen atoms in total. The van der Waals surface area contributed by atoms with E-state index >= 15 is 0 Å². The molecule has 0 aliphatic heterocycles. The van der Waals surface area contributed by atoms with Gasteiger partial charge in [0, 0.05) is 0 Å². The molecule has 0 unspecified atom stereocenters. The lowest BCUT2D eigenvalue weighted by Crippen LogP contribution is -3.02. The van der Waals surface area contributed by atoms with Crippen LogP contribution in [0, 0.1) is 0 Å². The van der Waals surface area contributed by atoms with Crippen molar-refractivity contribution in [2.75, 3.05) is 21.1 Å². The smallest absolute Gasteiger partial charge is 0.0661 e. The van der Waals surface area contributed by atoms with Crippen molar-refractivity contribution < 1.29 is 34.3 Å². The van der Waals surface area contributed by atoms with E-state index in [1.54, 1.807) is 0 Å². The molecule has 0 aromatic heterocycles. The highest BCUT2D eigenvalue weighted by atomic mass is 79.9. The van der Waals surface area contributed by atoms with Crippen molar-refractivity contribution in [3.8, 4) is 0 Å². The van der Waals surface area contributed by atoms with Crippen LogP contribution in [0.25, 0.3) is 0 Å². The van der Waals surface area contributed by atoms with Crippen LogP contribution in [-0.4, -0.2) is 21.1 Å². The van der Waals surface area contributed by atoms with Gasteiger partial charge in [-0.1, -0.05) is 0 Å². The molecule has 0 aliphatic carbocycles. The zero-order valence-corrected chi connectivity index (χ0v) is 6.60. The van der Waals surface area contributed by atoms with Gasteiger partial charge in [0.25, 0.3) is 0 Å². The van der Waals surface area contributed by atoms with Gasteiger partial charge in [-0.05, 0) is 0 Å². The van der Waals surface area contributed by atoms with Crippen LogP contribution in [0.15, 0.2) is 0 Å². The molecule has 0 saturated carbocycles. The first-order valence-corrected chi connectivity index (χ1v) is 1.50. The fourth-order valence-corrected chi connectivity index (χ4v) is 0. The first-order chi connectivity index (χ1) is 1.73. The minimum atomic E-state index is 0. The summed E-state index contributed by atoms with van der Waals surface area (Å²) < 4.78 is 0. The third-order valence-electron chi connectivity index (χ3n) is 0. The summed E-state index contributed by atoms with van der Waals surface area (Å²) in [6.45, 7) is 0. The molecule has 6 heavy (non-hydrogen) atoms. The van der Waals surface area contributed by atoms with Crippen LogP contribution in [0.1, 0.15) is 0 Å². The van der Waals surface area contributed by atoms with Gasteiger partial charge in [-0.15, -0.1) is 0 Å². The van der Waals surface area contributed by atoms with E-state index in [0.717, 1.165) is 0 Å². The van der Waals surface area contributed by atoms with Crippen molar-refractivity contribution in [2.45, 2.75) is 0 Å². The summed E-state index contributed by atoms with van der Waals surface area (Å²) in [5.74, 6) is 0. The quantitative estimate of drug-likeness (QED) is 0.373. The second-order valence-corrected chi connectivity index (χ2v) is 1.50. The van der Waals surface area contributed by atoms with Crippen molar-refractivity contribution in [3.05, 3.63) is 0 Å². The minimum Gasteiger partial charge on any atom is -1.00 e. The van der Waals surface area contributed by atoms with E-state index in [-0.39, 0.29) is 29.4 Å². The molecule has 0 aromatic rings. The van der Waals surface area contributed by atoms with Crippen molar-refractivity contribution in [3.63, 3.8) is 0 Å². The van der Waals surface area contributed by atoms with E-state index in [0.29, 0.717) is 0 Å². The van der Waals surface area contributed by atoms with Gasteiger partial charge >= 0.3 is 0 Å². The van der Waals surface area contributed by atoms with Gasteiger partial charge in [-0.3, -0.25) is 0 Å². The third kappa shape index (κ3) is 123. The van der Waals surface area contributed by atoms with Gasteiger partial charge in [-0.2, -0.15) is 0 Å². The van der Waals surface area contributed by atoms with Gasteiger partial charge in [-0.25, -0.2) is 0 Å². The summed E-state index contributed by atoms with van der Waals surface area (Å²) in [5.41, 5.74) is 0. The molecule has 0 atom stereocenters. The molecule has 0 rings (SSSR count). The Kier molecular flexibility index (Phi) is 24.4. The second-order valence-electron chi connectivity index (χ2n) is 1.50. The highest BCUT2D eigenvalue weighted by molar-refractivity contribution is 3.59. The molecule has 0 spiro atoms. The monoisotopic (exact) mass is 174 g/mol. The van der Waals surface area contributed by atoms with E-state index in [1.165, 1.54) is 4.90 Å². The summed E-state index contributed by atoms with van der Waals surface area (Å²) in [7, 11) is 6.25. The Hall–Kier alpha value is 0.730. The van der Waals surface area contributed by atoms with Gasteiger partial charge in [0.2, 0.25) is 0 Å². The zero-order valence-electron chi connectivity index (χ0n) is 4.26.